The second-order valence-electron chi connectivity index (χ2n) is 6.78. The molecule has 1 aliphatic heterocycles. The molecule has 2 fully saturated rings. The lowest BCUT2D eigenvalue weighted by Crippen LogP contribution is -2.39. The number of aliphatic hydroxyl groups is 1. The van der Waals surface area contributed by atoms with E-state index in [2.05, 4.69) is 4.57 Å². The first kappa shape index (κ1) is 15.6. The topological polar surface area (TPSA) is 67.6 Å². The van der Waals surface area contributed by atoms with Crippen molar-refractivity contribution in [1.29, 1.82) is 0 Å². The molecular weight excluding hydrogens is 306 g/mol. The molecule has 128 valence electrons. The summed E-state index contributed by atoms with van der Waals surface area (Å²) in [5.41, 5.74) is 1.98. The summed E-state index contributed by atoms with van der Waals surface area (Å²) in [5, 5.41) is 9.41. The van der Waals surface area contributed by atoms with E-state index >= 15 is 0 Å². The Morgan fingerprint density at radius 3 is 2.96 bits per heavy atom. The van der Waals surface area contributed by atoms with Gasteiger partial charge in [-0.1, -0.05) is 12.1 Å². The lowest BCUT2D eigenvalue weighted by molar-refractivity contribution is -0.132. The van der Waals surface area contributed by atoms with Crippen LogP contribution in [0, 0.1) is 5.92 Å². The van der Waals surface area contributed by atoms with Gasteiger partial charge in [-0.15, -0.1) is 0 Å². The third-order valence-electron chi connectivity index (χ3n) is 4.87. The summed E-state index contributed by atoms with van der Waals surface area (Å²) in [6.45, 7) is 2.54. The lowest BCUT2D eigenvalue weighted by Gasteiger charge is -2.23. The van der Waals surface area contributed by atoms with Crippen LogP contribution in [0.15, 0.2) is 24.3 Å². The largest absolute Gasteiger partial charge is 0.396 e. The normalized spacial score (nSPS) is 21.9. The minimum absolute atomic E-state index is 0.00103. The number of ether oxygens (including phenoxy) is 1. The predicted octanol–water partition coefficient (Wildman–Crippen LogP) is 1.38. The highest BCUT2D eigenvalue weighted by atomic mass is 16.5. The van der Waals surface area contributed by atoms with Gasteiger partial charge >= 0.3 is 0 Å². The number of rotatable bonds is 4. The van der Waals surface area contributed by atoms with Crippen LogP contribution in [0.25, 0.3) is 11.0 Å². The van der Waals surface area contributed by atoms with Crippen LogP contribution in [0.5, 0.6) is 0 Å². The summed E-state index contributed by atoms with van der Waals surface area (Å²) in [7, 11) is 0. The van der Waals surface area contributed by atoms with Gasteiger partial charge in [-0.3, -0.25) is 4.79 Å². The zero-order chi connectivity index (χ0) is 16.5. The first-order valence-electron chi connectivity index (χ1n) is 8.68. The molecular formula is C18H23N3O3. The molecule has 1 aromatic carbocycles. The Morgan fingerprint density at radius 2 is 2.17 bits per heavy atom. The Hall–Kier alpha value is -1.92. The van der Waals surface area contributed by atoms with Gasteiger partial charge in [0.1, 0.15) is 12.4 Å². The summed E-state index contributed by atoms with van der Waals surface area (Å²) < 4.78 is 7.56. The quantitative estimate of drug-likeness (QED) is 0.920. The van der Waals surface area contributed by atoms with Gasteiger partial charge < -0.3 is 19.3 Å². The number of imidazole rings is 1. The maximum absolute atomic E-state index is 12.9. The molecule has 0 bridgehead atoms. The summed E-state index contributed by atoms with van der Waals surface area (Å²) in [4.78, 5) is 19.4. The van der Waals surface area contributed by atoms with Crippen LogP contribution in [-0.2, 0) is 16.1 Å². The Morgan fingerprint density at radius 1 is 1.33 bits per heavy atom. The van der Waals surface area contributed by atoms with Gasteiger partial charge in [-0.05, 0) is 25.0 Å². The van der Waals surface area contributed by atoms with E-state index in [0.717, 1.165) is 29.7 Å². The van der Waals surface area contributed by atoms with Gasteiger partial charge in [0.15, 0.2) is 0 Å². The van der Waals surface area contributed by atoms with Crippen LogP contribution in [0.4, 0.5) is 0 Å². The van der Waals surface area contributed by atoms with Crippen molar-refractivity contribution in [1.82, 2.24) is 14.5 Å². The van der Waals surface area contributed by atoms with E-state index < -0.39 is 0 Å². The Bertz CT molecular complexity index is 738. The van der Waals surface area contributed by atoms with Crippen LogP contribution >= 0.6 is 0 Å². The van der Waals surface area contributed by atoms with Crippen LogP contribution < -0.4 is 0 Å². The summed E-state index contributed by atoms with van der Waals surface area (Å²) in [6, 6.07) is 8.01. The SMILES string of the molecule is O=C(Cn1c(C2CC2)nc2ccccc21)N1CCOCC(CO)C1. The number of aliphatic hydroxyl groups excluding tert-OH is 1. The maximum atomic E-state index is 12.9. The van der Waals surface area contributed by atoms with Gasteiger partial charge in [0.25, 0.3) is 0 Å². The van der Waals surface area contributed by atoms with E-state index in [1.807, 2.05) is 29.2 Å². The van der Waals surface area contributed by atoms with Crippen LogP contribution in [0.2, 0.25) is 0 Å². The van der Waals surface area contributed by atoms with Crippen molar-refractivity contribution in [3.05, 3.63) is 30.1 Å². The Labute approximate surface area is 141 Å². The smallest absolute Gasteiger partial charge is 0.242 e. The summed E-state index contributed by atoms with van der Waals surface area (Å²) in [5.74, 6) is 1.60. The Balaban J connectivity index is 1.59. The molecule has 4 rings (SSSR count). The molecule has 1 unspecified atom stereocenters. The van der Waals surface area contributed by atoms with E-state index in [1.165, 1.54) is 0 Å². The summed E-state index contributed by atoms with van der Waals surface area (Å²) in [6.07, 6.45) is 2.31. The first-order valence-corrected chi connectivity index (χ1v) is 8.68. The molecule has 1 amide bonds. The molecule has 24 heavy (non-hydrogen) atoms. The molecule has 6 heteroatoms. The van der Waals surface area contributed by atoms with Crippen LogP contribution in [-0.4, -0.2) is 58.4 Å². The van der Waals surface area contributed by atoms with Gasteiger partial charge in [0, 0.05) is 31.5 Å². The second kappa shape index (κ2) is 6.53. The second-order valence-corrected chi connectivity index (χ2v) is 6.78. The number of benzene rings is 1. The van der Waals surface area contributed by atoms with Crippen molar-refractivity contribution < 1.29 is 14.6 Å². The molecule has 1 saturated heterocycles. The minimum atomic E-state index is -0.00103. The van der Waals surface area contributed by atoms with Gasteiger partial charge in [0.05, 0.1) is 24.2 Å². The average Bonchev–Trinajstić information content (AvgIpc) is 3.41. The number of aromatic nitrogens is 2. The molecule has 0 spiro atoms. The van der Waals surface area contributed by atoms with E-state index in [0.29, 0.717) is 38.8 Å². The van der Waals surface area contributed by atoms with Crippen molar-refractivity contribution in [3.63, 3.8) is 0 Å². The fourth-order valence-electron chi connectivity index (χ4n) is 3.37. The molecule has 1 N–H and O–H groups in total. The zero-order valence-electron chi connectivity index (χ0n) is 13.7. The fraction of sp³-hybridized carbons (Fsp3) is 0.556. The number of carbonyl (C=O) groups is 1. The molecule has 2 heterocycles. The number of para-hydroxylation sites is 2. The van der Waals surface area contributed by atoms with Gasteiger partial charge in [0.2, 0.25) is 5.91 Å². The first-order chi connectivity index (χ1) is 11.8. The van der Waals surface area contributed by atoms with E-state index in [1.54, 1.807) is 0 Å². The monoisotopic (exact) mass is 329 g/mol. The maximum Gasteiger partial charge on any atom is 0.242 e. The molecule has 2 aliphatic rings. The average molecular weight is 329 g/mol. The third kappa shape index (κ3) is 3.03. The lowest BCUT2D eigenvalue weighted by atomic mass is 10.1. The highest BCUT2D eigenvalue weighted by Gasteiger charge is 2.31. The fourth-order valence-corrected chi connectivity index (χ4v) is 3.37. The molecule has 6 nitrogen and oxygen atoms in total. The minimum Gasteiger partial charge on any atom is -0.396 e. The standard InChI is InChI=1S/C18H23N3O3/c22-11-13-9-20(7-8-24-12-13)17(23)10-21-16-4-2-1-3-15(16)19-18(21)14-5-6-14/h1-4,13-14,22H,5-12H2. The van der Waals surface area contributed by atoms with Gasteiger partial charge in [-0.25, -0.2) is 4.98 Å². The highest BCUT2D eigenvalue weighted by Crippen LogP contribution is 2.40. The van der Waals surface area contributed by atoms with Crippen molar-refractivity contribution in [2.24, 2.45) is 5.92 Å². The molecule has 1 aromatic heterocycles. The summed E-state index contributed by atoms with van der Waals surface area (Å²) >= 11 is 0. The molecule has 0 radical (unpaired) electrons. The number of hydrogen-bond donors (Lipinski definition) is 1. The van der Waals surface area contributed by atoms with Crippen molar-refractivity contribution in [2.75, 3.05) is 32.9 Å². The van der Waals surface area contributed by atoms with E-state index in [-0.39, 0.29) is 18.4 Å². The zero-order valence-corrected chi connectivity index (χ0v) is 13.7. The highest BCUT2D eigenvalue weighted by molar-refractivity contribution is 5.81. The number of fused-ring (bicyclic) bond motifs is 1. The molecule has 1 atom stereocenters. The third-order valence-corrected chi connectivity index (χ3v) is 4.87. The number of nitrogens with zero attached hydrogens (tertiary/aromatic N) is 3. The van der Waals surface area contributed by atoms with E-state index in [4.69, 9.17) is 9.72 Å². The molecule has 1 saturated carbocycles. The number of carbonyl (C=O) groups excluding carboxylic acids is 1. The molecule has 2 aromatic rings. The Kier molecular flexibility index (Phi) is 4.24. The number of hydrogen-bond acceptors (Lipinski definition) is 4. The van der Waals surface area contributed by atoms with Gasteiger partial charge in [-0.2, -0.15) is 0 Å². The molecule has 1 aliphatic carbocycles. The van der Waals surface area contributed by atoms with Crippen molar-refractivity contribution in [2.45, 2.75) is 25.3 Å². The van der Waals surface area contributed by atoms with Crippen LogP contribution in [0.3, 0.4) is 0 Å². The van der Waals surface area contributed by atoms with Crippen molar-refractivity contribution >= 4 is 16.9 Å². The van der Waals surface area contributed by atoms with E-state index in [9.17, 15) is 9.90 Å². The van der Waals surface area contributed by atoms with Crippen LogP contribution in [0.1, 0.15) is 24.6 Å². The van der Waals surface area contributed by atoms with Crippen molar-refractivity contribution in [3.8, 4) is 0 Å². The predicted molar refractivity (Wildman–Crippen MR) is 89.7 cm³/mol. The number of amides is 1.